The number of aryl methyl sites for hydroxylation is 1. The van der Waals surface area contributed by atoms with Gasteiger partial charge in [-0.15, -0.1) is 0 Å². The maximum absolute atomic E-state index is 4.07. The quantitative estimate of drug-likeness (QED) is 0.535. The van der Waals surface area contributed by atoms with Crippen molar-refractivity contribution in [1.82, 2.24) is 20.2 Å². The Labute approximate surface area is 77.9 Å². The van der Waals surface area contributed by atoms with Gasteiger partial charge in [0.15, 0.2) is 0 Å². The molecule has 6 nitrogen and oxygen atoms in total. The van der Waals surface area contributed by atoms with Gasteiger partial charge in [0.2, 0.25) is 11.9 Å². The molecule has 0 amide bonds. The minimum absolute atomic E-state index is 0.520. The topological polar surface area (TPSA) is 74.8 Å². The van der Waals surface area contributed by atoms with E-state index in [1.807, 2.05) is 6.92 Å². The third-order valence-corrected chi connectivity index (χ3v) is 1.32. The molecule has 0 spiro atoms. The van der Waals surface area contributed by atoms with Crippen molar-refractivity contribution in [2.45, 2.75) is 6.92 Å². The highest BCUT2D eigenvalue weighted by Gasteiger charge is 2.00. The second-order valence-electron chi connectivity index (χ2n) is 2.36. The van der Waals surface area contributed by atoms with Gasteiger partial charge in [-0.2, -0.15) is 15.0 Å². The predicted octanol–water partition coefficient (Wildman–Crippen LogP) is -0.613. The summed E-state index contributed by atoms with van der Waals surface area (Å²) in [6, 6.07) is 0. The molecule has 13 heavy (non-hydrogen) atoms. The van der Waals surface area contributed by atoms with Crippen LogP contribution in [0.25, 0.3) is 0 Å². The molecule has 0 fully saturated rings. The molecule has 0 bridgehead atoms. The average Bonchev–Trinajstić information content (AvgIpc) is 2.14. The van der Waals surface area contributed by atoms with Crippen LogP contribution in [-0.4, -0.2) is 36.6 Å². The van der Waals surface area contributed by atoms with Gasteiger partial charge >= 0.3 is 7.55 Å². The van der Waals surface area contributed by atoms with Crippen LogP contribution in [0.5, 0.6) is 0 Å². The predicted molar refractivity (Wildman–Crippen MR) is 52.5 cm³/mol. The third kappa shape index (κ3) is 2.87. The number of anilines is 2. The zero-order valence-electron chi connectivity index (χ0n) is 7.92. The van der Waals surface area contributed by atoms with E-state index in [4.69, 9.17) is 0 Å². The van der Waals surface area contributed by atoms with Gasteiger partial charge < -0.3 is 15.8 Å². The fraction of sp³-hybridized carbons (Fsp3) is 0.500. The van der Waals surface area contributed by atoms with Crippen LogP contribution >= 0.6 is 0 Å². The summed E-state index contributed by atoms with van der Waals surface area (Å²) >= 11 is 0. The van der Waals surface area contributed by atoms with E-state index in [1.165, 1.54) is 0 Å². The SMILES string of the molecule is CN[B]Nc1nc(C)nc(NC)n1. The molecule has 1 heterocycles. The smallest absolute Gasteiger partial charge is 0.348 e. The molecule has 69 valence electrons. The molecule has 0 aromatic carbocycles. The van der Waals surface area contributed by atoms with Gasteiger partial charge in [0, 0.05) is 7.05 Å². The molecule has 7 heteroatoms. The molecule has 0 unspecified atom stereocenters. The van der Waals surface area contributed by atoms with E-state index < -0.39 is 0 Å². The Bertz CT molecular complexity index is 278. The molecule has 3 N–H and O–H groups in total. The second kappa shape index (κ2) is 4.61. The molecule has 0 atom stereocenters. The third-order valence-electron chi connectivity index (χ3n) is 1.32. The number of aromatic nitrogens is 3. The van der Waals surface area contributed by atoms with Crippen LogP contribution in [-0.2, 0) is 0 Å². The summed E-state index contributed by atoms with van der Waals surface area (Å²) < 4.78 is 0. The lowest BCUT2D eigenvalue weighted by atomic mass is 10.2. The Balaban J connectivity index is 2.76. The molecule has 0 aliphatic rings. The monoisotopic (exact) mass is 179 g/mol. The summed E-state index contributed by atoms with van der Waals surface area (Å²) in [6.45, 7) is 1.81. The van der Waals surface area contributed by atoms with E-state index in [1.54, 1.807) is 21.6 Å². The highest BCUT2D eigenvalue weighted by molar-refractivity contribution is 6.36. The van der Waals surface area contributed by atoms with Crippen LogP contribution < -0.4 is 15.8 Å². The lowest BCUT2D eigenvalue weighted by Gasteiger charge is -2.04. The van der Waals surface area contributed by atoms with E-state index in [-0.39, 0.29) is 0 Å². The van der Waals surface area contributed by atoms with Crippen molar-refractivity contribution in [3.63, 3.8) is 0 Å². The molecule has 1 aromatic heterocycles. The summed E-state index contributed by atoms with van der Waals surface area (Å²) in [6.07, 6.45) is 0. The molecule has 0 saturated heterocycles. The largest absolute Gasteiger partial charge is 0.386 e. The maximum Gasteiger partial charge on any atom is 0.348 e. The minimum atomic E-state index is 0.520. The van der Waals surface area contributed by atoms with E-state index in [2.05, 4.69) is 30.7 Å². The van der Waals surface area contributed by atoms with Crippen molar-refractivity contribution in [3.05, 3.63) is 5.82 Å². The first-order chi connectivity index (χ1) is 6.26. The fourth-order valence-electron chi connectivity index (χ4n) is 0.795. The van der Waals surface area contributed by atoms with Gasteiger partial charge in [-0.25, -0.2) is 0 Å². The van der Waals surface area contributed by atoms with Crippen LogP contribution in [0, 0.1) is 6.92 Å². The van der Waals surface area contributed by atoms with Crippen molar-refractivity contribution >= 4 is 19.4 Å². The van der Waals surface area contributed by atoms with E-state index >= 15 is 0 Å². The number of hydrogen-bond acceptors (Lipinski definition) is 6. The van der Waals surface area contributed by atoms with Crippen molar-refractivity contribution in [1.29, 1.82) is 0 Å². The van der Waals surface area contributed by atoms with Crippen LogP contribution in [0.4, 0.5) is 11.9 Å². The number of rotatable bonds is 4. The van der Waals surface area contributed by atoms with Crippen molar-refractivity contribution in [3.8, 4) is 0 Å². The van der Waals surface area contributed by atoms with Crippen molar-refractivity contribution < 1.29 is 0 Å². The second-order valence-corrected chi connectivity index (χ2v) is 2.36. The molecule has 1 rings (SSSR count). The minimum Gasteiger partial charge on any atom is -0.386 e. The Morgan fingerprint density at radius 3 is 2.38 bits per heavy atom. The van der Waals surface area contributed by atoms with Gasteiger partial charge in [0.05, 0.1) is 0 Å². The number of nitrogens with zero attached hydrogens (tertiary/aromatic N) is 3. The van der Waals surface area contributed by atoms with Gasteiger partial charge in [-0.05, 0) is 14.0 Å². The van der Waals surface area contributed by atoms with Crippen LogP contribution in [0.15, 0.2) is 0 Å². The highest BCUT2D eigenvalue weighted by Crippen LogP contribution is 2.02. The normalized spacial score (nSPS) is 9.46. The lowest BCUT2D eigenvalue weighted by molar-refractivity contribution is 0.987. The molecule has 0 saturated carbocycles. The van der Waals surface area contributed by atoms with Crippen LogP contribution in [0.1, 0.15) is 5.82 Å². The molecule has 1 aromatic rings. The van der Waals surface area contributed by atoms with Gasteiger partial charge in [0.1, 0.15) is 5.82 Å². The standard InChI is InChI=1S/C6H12BN6/c1-4-10-5(8-2)12-6(11-4)13-7-9-3/h9H,1-3H3,(H2,8,10,11,12,13). The first-order valence-electron chi connectivity index (χ1n) is 3.92. The highest BCUT2D eigenvalue weighted by atomic mass is 15.2. The summed E-state index contributed by atoms with van der Waals surface area (Å²) in [5.74, 6) is 1.75. The molecule has 0 aliphatic heterocycles. The lowest BCUT2D eigenvalue weighted by Crippen LogP contribution is -2.23. The Hall–Kier alpha value is -1.37. The fourth-order valence-corrected chi connectivity index (χ4v) is 0.795. The molecule has 1 radical (unpaired) electrons. The average molecular weight is 179 g/mol. The van der Waals surface area contributed by atoms with E-state index in [0.717, 1.165) is 0 Å². The molecular formula is C6H12BN6. The first kappa shape index (κ1) is 9.72. The van der Waals surface area contributed by atoms with Crippen LogP contribution in [0.2, 0.25) is 0 Å². The maximum atomic E-state index is 4.07. The Morgan fingerprint density at radius 1 is 1.08 bits per heavy atom. The molecule has 0 aliphatic carbocycles. The van der Waals surface area contributed by atoms with E-state index in [0.29, 0.717) is 17.7 Å². The number of hydrogen-bond donors (Lipinski definition) is 3. The van der Waals surface area contributed by atoms with Crippen molar-refractivity contribution in [2.75, 3.05) is 24.6 Å². The van der Waals surface area contributed by atoms with Crippen LogP contribution in [0.3, 0.4) is 0 Å². The van der Waals surface area contributed by atoms with Gasteiger partial charge in [0.25, 0.3) is 0 Å². The zero-order valence-corrected chi connectivity index (χ0v) is 7.92. The van der Waals surface area contributed by atoms with E-state index in [9.17, 15) is 0 Å². The Morgan fingerprint density at radius 2 is 1.77 bits per heavy atom. The summed E-state index contributed by atoms with van der Waals surface area (Å²) in [7, 11) is 5.20. The zero-order chi connectivity index (χ0) is 9.68. The Kier molecular flexibility index (Phi) is 3.45. The summed E-state index contributed by atoms with van der Waals surface area (Å²) in [5.41, 5.74) is 0. The summed E-state index contributed by atoms with van der Waals surface area (Å²) in [5, 5.41) is 8.54. The van der Waals surface area contributed by atoms with Gasteiger partial charge in [-0.1, -0.05) is 0 Å². The summed E-state index contributed by atoms with van der Waals surface area (Å²) in [4.78, 5) is 12.2. The molecular weight excluding hydrogens is 167 g/mol. The number of nitrogens with one attached hydrogen (secondary N) is 3. The van der Waals surface area contributed by atoms with Gasteiger partial charge in [-0.3, -0.25) is 0 Å². The van der Waals surface area contributed by atoms with Crippen molar-refractivity contribution in [2.24, 2.45) is 0 Å². The first-order valence-corrected chi connectivity index (χ1v) is 3.92.